The molecule has 28 heavy (non-hydrogen) atoms. The average molecular weight is 410 g/mol. The maximum atomic E-state index is 12.6. The number of rotatable bonds is 8. The number of benzene rings is 2. The van der Waals surface area contributed by atoms with E-state index in [0.29, 0.717) is 28.2 Å². The summed E-state index contributed by atoms with van der Waals surface area (Å²) in [7, 11) is 1.48. The Kier molecular flexibility index (Phi) is 7.28. The Labute approximate surface area is 164 Å². The molecule has 0 unspecified atom stereocenters. The molecule has 0 amide bonds. The number of carboxylic acids is 1. The lowest BCUT2D eigenvalue weighted by Gasteiger charge is -2.09. The van der Waals surface area contributed by atoms with Crippen LogP contribution in [0.15, 0.2) is 48.5 Å². The summed E-state index contributed by atoms with van der Waals surface area (Å²) >= 11 is 1.18. The summed E-state index contributed by atoms with van der Waals surface area (Å²) in [6.45, 7) is 0. The quantitative estimate of drug-likeness (QED) is 0.494. The van der Waals surface area contributed by atoms with Crippen molar-refractivity contribution in [2.24, 2.45) is 0 Å². The smallest absolute Gasteiger partial charge is 0.416 e. The Morgan fingerprint density at radius 2 is 1.82 bits per heavy atom. The van der Waals surface area contributed by atoms with Gasteiger partial charge >= 0.3 is 12.1 Å². The number of alkyl halides is 3. The van der Waals surface area contributed by atoms with Crippen molar-refractivity contribution in [3.05, 3.63) is 70.8 Å². The van der Waals surface area contributed by atoms with Crippen molar-refractivity contribution in [1.82, 2.24) is 0 Å². The van der Waals surface area contributed by atoms with E-state index in [2.05, 4.69) is 0 Å². The Morgan fingerprint density at radius 1 is 1.14 bits per heavy atom. The molecule has 0 bridgehead atoms. The van der Waals surface area contributed by atoms with Gasteiger partial charge in [0.05, 0.1) is 18.4 Å². The molecule has 0 saturated carbocycles. The van der Waals surface area contributed by atoms with Crippen LogP contribution in [0.2, 0.25) is 0 Å². The Morgan fingerprint density at radius 3 is 2.39 bits per heavy atom. The van der Waals surface area contributed by atoms with Crippen molar-refractivity contribution in [2.45, 2.75) is 11.9 Å². The van der Waals surface area contributed by atoms with E-state index >= 15 is 0 Å². The molecule has 0 heterocycles. The van der Waals surface area contributed by atoms with Gasteiger partial charge in [0.15, 0.2) is 5.78 Å². The molecule has 2 rings (SSSR count). The van der Waals surface area contributed by atoms with Crippen LogP contribution in [-0.4, -0.2) is 29.7 Å². The van der Waals surface area contributed by atoms with E-state index in [4.69, 9.17) is 9.84 Å². The second kappa shape index (κ2) is 9.45. The molecule has 148 valence electrons. The molecule has 0 aliphatic heterocycles. The molecule has 8 heteroatoms. The van der Waals surface area contributed by atoms with Gasteiger partial charge in [0.2, 0.25) is 0 Å². The normalized spacial score (nSPS) is 11.6. The molecule has 0 aliphatic carbocycles. The summed E-state index contributed by atoms with van der Waals surface area (Å²) in [6.07, 6.45) is -1.69. The van der Waals surface area contributed by atoms with E-state index in [-0.39, 0.29) is 11.5 Å². The van der Waals surface area contributed by atoms with Crippen LogP contribution in [0.4, 0.5) is 13.2 Å². The summed E-state index contributed by atoms with van der Waals surface area (Å²) in [5, 5.41) is 8.72. The average Bonchev–Trinajstić information content (AvgIpc) is 2.65. The zero-order valence-electron chi connectivity index (χ0n) is 14.8. The highest BCUT2D eigenvalue weighted by Gasteiger charge is 2.29. The molecule has 4 nitrogen and oxygen atoms in total. The first-order valence-corrected chi connectivity index (χ1v) is 9.22. The highest BCUT2D eigenvalue weighted by molar-refractivity contribution is 7.99. The van der Waals surface area contributed by atoms with E-state index in [1.165, 1.54) is 43.2 Å². The lowest BCUT2D eigenvalue weighted by molar-refractivity contribution is -0.137. The van der Waals surface area contributed by atoms with Crippen LogP contribution in [0.3, 0.4) is 0 Å². The van der Waals surface area contributed by atoms with E-state index < -0.39 is 17.7 Å². The summed E-state index contributed by atoms with van der Waals surface area (Å²) < 4.78 is 42.9. The molecule has 0 aromatic heterocycles. The third-order valence-electron chi connectivity index (χ3n) is 3.71. The fourth-order valence-corrected chi connectivity index (χ4v) is 3.07. The number of carboxylic acid groups (broad SMARTS) is 1. The molecule has 2 aromatic rings. The van der Waals surface area contributed by atoms with Crippen LogP contribution in [0.5, 0.6) is 5.75 Å². The van der Waals surface area contributed by atoms with Crippen LogP contribution in [0.25, 0.3) is 6.08 Å². The van der Waals surface area contributed by atoms with Gasteiger partial charge in [0, 0.05) is 16.9 Å². The van der Waals surface area contributed by atoms with Gasteiger partial charge in [-0.05, 0) is 42.0 Å². The van der Waals surface area contributed by atoms with Crippen LogP contribution in [0, 0.1) is 0 Å². The third-order valence-corrected chi connectivity index (χ3v) is 4.68. The molecular formula is C20H17F3O4S. The highest BCUT2D eigenvalue weighted by atomic mass is 32.2. The minimum absolute atomic E-state index is 0.0743. The number of aliphatic carboxylic acids is 1. The fourth-order valence-electron chi connectivity index (χ4n) is 2.34. The molecule has 0 spiro atoms. The van der Waals surface area contributed by atoms with Gasteiger partial charge in [-0.2, -0.15) is 13.2 Å². The third kappa shape index (κ3) is 6.16. The first-order chi connectivity index (χ1) is 13.2. The molecule has 0 aliphatic rings. The number of ketones is 1. The standard InChI is InChI=1S/C20H17F3O4S/c1-27-18-9-5-14(10-15(18)11-28-12-19(25)26)17(24)8-4-13-2-6-16(7-3-13)20(21,22)23/h2-10H,11-12H2,1H3,(H,25,26)/b8-4+. The summed E-state index contributed by atoms with van der Waals surface area (Å²) in [5.41, 5.74) is 0.763. The van der Waals surface area contributed by atoms with Gasteiger partial charge in [-0.3, -0.25) is 9.59 Å². The lowest BCUT2D eigenvalue weighted by atomic mass is 10.1. The van der Waals surface area contributed by atoms with E-state index in [1.54, 1.807) is 18.2 Å². The molecule has 0 radical (unpaired) electrons. The summed E-state index contributed by atoms with van der Waals surface area (Å²) in [5.74, 6) is -0.433. The zero-order valence-corrected chi connectivity index (χ0v) is 15.6. The number of carbonyl (C=O) groups excluding carboxylic acids is 1. The number of carbonyl (C=O) groups is 2. The van der Waals surface area contributed by atoms with Gasteiger partial charge in [0.1, 0.15) is 5.75 Å². The van der Waals surface area contributed by atoms with Gasteiger partial charge in [-0.1, -0.05) is 18.2 Å². The Balaban J connectivity index is 2.12. The predicted octanol–water partition coefficient (Wildman–Crippen LogP) is 4.93. The van der Waals surface area contributed by atoms with Crippen LogP contribution >= 0.6 is 11.8 Å². The SMILES string of the molecule is COc1ccc(C(=O)/C=C/c2ccc(C(F)(F)F)cc2)cc1CSCC(=O)O. The molecule has 1 N–H and O–H groups in total. The van der Waals surface area contributed by atoms with Crippen molar-refractivity contribution in [1.29, 1.82) is 0 Å². The van der Waals surface area contributed by atoms with Crippen LogP contribution in [-0.2, 0) is 16.7 Å². The molecule has 0 fully saturated rings. The number of hydrogen-bond donors (Lipinski definition) is 1. The second-order valence-corrected chi connectivity index (χ2v) is 6.72. The molecular weight excluding hydrogens is 393 g/mol. The van der Waals surface area contributed by atoms with E-state index in [0.717, 1.165) is 12.1 Å². The summed E-state index contributed by atoms with van der Waals surface area (Å²) in [4.78, 5) is 23.0. The van der Waals surface area contributed by atoms with Crippen LogP contribution < -0.4 is 4.74 Å². The Bertz CT molecular complexity index is 874. The molecule has 0 atom stereocenters. The van der Waals surface area contributed by atoms with Crippen molar-refractivity contribution in [3.8, 4) is 5.75 Å². The fraction of sp³-hybridized carbons (Fsp3) is 0.200. The number of methoxy groups -OCH3 is 1. The second-order valence-electron chi connectivity index (χ2n) is 5.73. The number of hydrogen-bond acceptors (Lipinski definition) is 4. The van der Waals surface area contributed by atoms with Gasteiger partial charge in [-0.15, -0.1) is 11.8 Å². The van der Waals surface area contributed by atoms with Crippen molar-refractivity contribution in [2.75, 3.05) is 12.9 Å². The van der Waals surface area contributed by atoms with Crippen molar-refractivity contribution < 1.29 is 32.6 Å². The first-order valence-electron chi connectivity index (χ1n) is 8.07. The summed E-state index contributed by atoms with van der Waals surface area (Å²) in [6, 6.07) is 9.29. The highest BCUT2D eigenvalue weighted by Crippen LogP contribution is 2.29. The molecule has 0 saturated heterocycles. The van der Waals surface area contributed by atoms with Crippen molar-refractivity contribution in [3.63, 3.8) is 0 Å². The Hall–Kier alpha value is -2.74. The largest absolute Gasteiger partial charge is 0.496 e. The minimum atomic E-state index is -4.41. The predicted molar refractivity (Wildman–Crippen MR) is 102 cm³/mol. The van der Waals surface area contributed by atoms with Crippen molar-refractivity contribution >= 4 is 29.6 Å². The van der Waals surface area contributed by atoms with E-state index in [1.807, 2.05) is 0 Å². The first kappa shape index (κ1) is 21.6. The van der Waals surface area contributed by atoms with Gasteiger partial charge in [0.25, 0.3) is 0 Å². The zero-order chi connectivity index (χ0) is 20.7. The number of thioether (sulfide) groups is 1. The van der Waals surface area contributed by atoms with Crippen LogP contribution in [0.1, 0.15) is 27.0 Å². The number of halogens is 3. The van der Waals surface area contributed by atoms with E-state index in [9.17, 15) is 22.8 Å². The van der Waals surface area contributed by atoms with Gasteiger partial charge < -0.3 is 9.84 Å². The number of ether oxygens (including phenoxy) is 1. The minimum Gasteiger partial charge on any atom is -0.496 e. The van der Waals surface area contributed by atoms with Gasteiger partial charge in [-0.25, -0.2) is 0 Å². The topological polar surface area (TPSA) is 63.6 Å². The monoisotopic (exact) mass is 410 g/mol. The lowest BCUT2D eigenvalue weighted by Crippen LogP contribution is -2.04. The number of allylic oxidation sites excluding steroid dienone is 1. The molecule has 2 aromatic carbocycles. The maximum absolute atomic E-state index is 12.6. The maximum Gasteiger partial charge on any atom is 0.416 e.